The van der Waals surface area contributed by atoms with Gasteiger partial charge in [0.2, 0.25) is 0 Å². The topological polar surface area (TPSA) is 51.0 Å². The van der Waals surface area contributed by atoms with E-state index in [2.05, 4.69) is 44.8 Å². The van der Waals surface area contributed by atoms with E-state index < -0.39 is 0 Å². The van der Waals surface area contributed by atoms with Crippen LogP contribution < -0.4 is 10.5 Å². The summed E-state index contributed by atoms with van der Waals surface area (Å²) in [7, 11) is 1.71. The number of nitrogens with two attached hydrogens (primary N) is 1. The molecule has 104 valence electrons. The van der Waals surface area contributed by atoms with Gasteiger partial charge in [0, 0.05) is 22.5 Å². The second-order valence-electron chi connectivity index (χ2n) is 5.62. The third kappa shape index (κ3) is 2.35. The number of hydrogen-bond donors (Lipinski definition) is 2. The molecular weight excluding hydrogens is 236 g/mol. The molecule has 0 aliphatic rings. The lowest BCUT2D eigenvalue weighted by molar-refractivity contribution is 0.415. The SMILES string of the molecule is COc1cc(C)c2[nH]c(C)c(C(CN)C(C)C)c2c1. The molecule has 1 heterocycles. The van der Waals surface area contributed by atoms with Gasteiger partial charge < -0.3 is 15.5 Å². The molecule has 0 bridgehead atoms. The molecule has 0 saturated carbocycles. The molecule has 1 unspecified atom stereocenters. The van der Waals surface area contributed by atoms with Crippen molar-refractivity contribution in [3.63, 3.8) is 0 Å². The fraction of sp³-hybridized carbons (Fsp3) is 0.500. The van der Waals surface area contributed by atoms with E-state index in [-0.39, 0.29) is 0 Å². The van der Waals surface area contributed by atoms with Gasteiger partial charge in [0.15, 0.2) is 0 Å². The summed E-state index contributed by atoms with van der Waals surface area (Å²) < 4.78 is 5.40. The lowest BCUT2D eigenvalue weighted by Crippen LogP contribution is -2.18. The van der Waals surface area contributed by atoms with Crippen molar-refractivity contribution < 1.29 is 4.74 Å². The van der Waals surface area contributed by atoms with Crippen LogP contribution in [0.2, 0.25) is 0 Å². The maximum absolute atomic E-state index is 5.99. The van der Waals surface area contributed by atoms with E-state index in [9.17, 15) is 0 Å². The van der Waals surface area contributed by atoms with E-state index >= 15 is 0 Å². The summed E-state index contributed by atoms with van der Waals surface area (Å²) in [5.74, 6) is 1.80. The molecule has 0 fully saturated rings. The molecule has 1 atom stereocenters. The monoisotopic (exact) mass is 260 g/mol. The van der Waals surface area contributed by atoms with Gasteiger partial charge in [-0.3, -0.25) is 0 Å². The smallest absolute Gasteiger partial charge is 0.119 e. The highest BCUT2D eigenvalue weighted by Gasteiger charge is 2.21. The standard InChI is InChI=1S/C16H24N2O/c1-9(2)14(8-17)15-11(4)18-16-10(3)6-12(19-5)7-13(15)16/h6-7,9,14,18H,8,17H2,1-5H3. The summed E-state index contributed by atoms with van der Waals surface area (Å²) in [6.07, 6.45) is 0. The lowest BCUT2D eigenvalue weighted by Gasteiger charge is -2.20. The van der Waals surface area contributed by atoms with Crippen LogP contribution in [0.4, 0.5) is 0 Å². The average molecular weight is 260 g/mol. The molecule has 3 nitrogen and oxygen atoms in total. The summed E-state index contributed by atoms with van der Waals surface area (Å²) in [5, 5.41) is 1.25. The quantitative estimate of drug-likeness (QED) is 0.884. The number of benzene rings is 1. The fourth-order valence-electron chi connectivity index (χ4n) is 2.91. The highest BCUT2D eigenvalue weighted by atomic mass is 16.5. The van der Waals surface area contributed by atoms with Gasteiger partial charge in [-0.25, -0.2) is 0 Å². The van der Waals surface area contributed by atoms with Crippen LogP contribution >= 0.6 is 0 Å². The number of fused-ring (bicyclic) bond motifs is 1. The van der Waals surface area contributed by atoms with Crippen molar-refractivity contribution in [1.82, 2.24) is 4.98 Å². The van der Waals surface area contributed by atoms with Gasteiger partial charge in [-0.05, 0) is 49.6 Å². The predicted molar refractivity (Wildman–Crippen MR) is 81.0 cm³/mol. The summed E-state index contributed by atoms with van der Waals surface area (Å²) in [6, 6.07) is 4.18. The minimum Gasteiger partial charge on any atom is -0.497 e. The Morgan fingerprint density at radius 1 is 1.26 bits per heavy atom. The summed E-state index contributed by atoms with van der Waals surface area (Å²) in [4.78, 5) is 3.51. The van der Waals surface area contributed by atoms with E-state index in [4.69, 9.17) is 10.5 Å². The maximum Gasteiger partial charge on any atom is 0.119 e. The fourth-order valence-corrected chi connectivity index (χ4v) is 2.91. The lowest BCUT2D eigenvalue weighted by atomic mass is 9.86. The number of hydrogen-bond acceptors (Lipinski definition) is 2. The zero-order chi connectivity index (χ0) is 14.2. The number of aryl methyl sites for hydroxylation is 2. The third-order valence-corrected chi connectivity index (χ3v) is 3.98. The summed E-state index contributed by atoms with van der Waals surface area (Å²) >= 11 is 0. The molecule has 19 heavy (non-hydrogen) atoms. The first-order valence-electron chi connectivity index (χ1n) is 6.86. The predicted octanol–water partition coefficient (Wildman–Crippen LogP) is 3.49. The molecule has 1 aromatic heterocycles. The van der Waals surface area contributed by atoms with Gasteiger partial charge in [0.25, 0.3) is 0 Å². The maximum atomic E-state index is 5.99. The molecule has 1 aromatic carbocycles. The largest absolute Gasteiger partial charge is 0.497 e. The highest BCUT2D eigenvalue weighted by Crippen LogP contribution is 2.36. The number of nitrogens with one attached hydrogen (secondary N) is 1. The number of rotatable bonds is 4. The first-order chi connectivity index (χ1) is 8.99. The Labute approximate surface area is 115 Å². The van der Waals surface area contributed by atoms with E-state index in [1.54, 1.807) is 7.11 Å². The van der Waals surface area contributed by atoms with E-state index in [0.29, 0.717) is 18.4 Å². The molecule has 0 radical (unpaired) electrons. The minimum atomic E-state index is 0.375. The number of aromatic nitrogens is 1. The Hall–Kier alpha value is -1.48. The van der Waals surface area contributed by atoms with Crippen LogP contribution in [0.3, 0.4) is 0 Å². The Bertz CT molecular complexity index is 584. The van der Waals surface area contributed by atoms with Crippen LogP contribution in [0, 0.1) is 19.8 Å². The second kappa shape index (κ2) is 5.25. The Balaban J connectivity index is 2.72. The van der Waals surface area contributed by atoms with Crippen LogP contribution in [-0.2, 0) is 0 Å². The van der Waals surface area contributed by atoms with Gasteiger partial charge >= 0.3 is 0 Å². The van der Waals surface area contributed by atoms with Gasteiger partial charge in [-0.2, -0.15) is 0 Å². The van der Waals surface area contributed by atoms with Crippen LogP contribution in [0.15, 0.2) is 12.1 Å². The van der Waals surface area contributed by atoms with Crippen molar-refractivity contribution in [2.75, 3.05) is 13.7 Å². The van der Waals surface area contributed by atoms with E-state index in [0.717, 1.165) is 5.75 Å². The van der Waals surface area contributed by atoms with Crippen molar-refractivity contribution >= 4 is 10.9 Å². The molecule has 0 amide bonds. The zero-order valence-electron chi connectivity index (χ0n) is 12.5. The number of H-pyrrole nitrogens is 1. The van der Waals surface area contributed by atoms with Gasteiger partial charge in [0.1, 0.15) is 5.75 Å². The van der Waals surface area contributed by atoms with Gasteiger partial charge in [0.05, 0.1) is 7.11 Å². The average Bonchev–Trinajstić information content (AvgIpc) is 2.68. The summed E-state index contributed by atoms with van der Waals surface area (Å²) in [5.41, 5.74) is 11.0. The van der Waals surface area contributed by atoms with Gasteiger partial charge in [-0.15, -0.1) is 0 Å². The van der Waals surface area contributed by atoms with Crippen molar-refractivity contribution in [2.45, 2.75) is 33.6 Å². The molecule has 0 spiro atoms. The van der Waals surface area contributed by atoms with Crippen LogP contribution in [0.25, 0.3) is 10.9 Å². The van der Waals surface area contributed by atoms with Crippen molar-refractivity contribution in [3.05, 3.63) is 29.0 Å². The number of methoxy groups -OCH3 is 1. The number of aromatic amines is 1. The van der Waals surface area contributed by atoms with E-state index in [1.807, 2.05) is 0 Å². The molecule has 2 aromatic rings. The molecule has 3 N–H and O–H groups in total. The minimum absolute atomic E-state index is 0.375. The molecule has 0 aliphatic heterocycles. The highest BCUT2D eigenvalue weighted by molar-refractivity contribution is 5.89. The zero-order valence-corrected chi connectivity index (χ0v) is 12.5. The number of ether oxygens (including phenoxy) is 1. The Morgan fingerprint density at radius 2 is 1.95 bits per heavy atom. The Kier molecular flexibility index (Phi) is 3.85. The van der Waals surface area contributed by atoms with Crippen LogP contribution in [-0.4, -0.2) is 18.6 Å². The first kappa shape index (κ1) is 13.9. The molecule has 2 rings (SSSR count). The molecule has 3 heteroatoms. The van der Waals surface area contributed by atoms with Crippen LogP contribution in [0.5, 0.6) is 5.75 Å². The first-order valence-corrected chi connectivity index (χ1v) is 6.86. The Morgan fingerprint density at radius 3 is 2.47 bits per heavy atom. The normalized spacial score (nSPS) is 13.2. The van der Waals surface area contributed by atoms with Crippen molar-refractivity contribution in [2.24, 2.45) is 11.7 Å². The molecular formula is C16H24N2O. The van der Waals surface area contributed by atoms with Crippen molar-refractivity contribution in [3.8, 4) is 5.75 Å². The van der Waals surface area contributed by atoms with Gasteiger partial charge in [-0.1, -0.05) is 13.8 Å². The second-order valence-corrected chi connectivity index (χ2v) is 5.62. The van der Waals surface area contributed by atoms with Crippen molar-refractivity contribution in [1.29, 1.82) is 0 Å². The van der Waals surface area contributed by atoms with E-state index in [1.165, 1.54) is 27.7 Å². The third-order valence-electron chi connectivity index (χ3n) is 3.98. The summed E-state index contributed by atoms with van der Waals surface area (Å²) in [6.45, 7) is 9.36. The molecule has 0 saturated heterocycles. The van der Waals surface area contributed by atoms with Crippen LogP contribution in [0.1, 0.15) is 36.6 Å². The molecule has 0 aliphatic carbocycles.